The summed E-state index contributed by atoms with van der Waals surface area (Å²) < 4.78 is 23.1. The molecule has 0 saturated heterocycles. The van der Waals surface area contributed by atoms with Gasteiger partial charge in [0.2, 0.25) is 0 Å². The van der Waals surface area contributed by atoms with Gasteiger partial charge in [0, 0.05) is 33.8 Å². The summed E-state index contributed by atoms with van der Waals surface area (Å²) in [5, 5.41) is 0. The molecule has 0 aliphatic heterocycles. The van der Waals surface area contributed by atoms with Crippen molar-refractivity contribution in [1.82, 2.24) is 4.90 Å². The molecule has 1 aliphatic carbocycles. The van der Waals surface area contributed by atoms with Crippen LogP contribution in [0.4, 0.5) is 0 Å². The van der Waals surface area contributed by atoms with Crippen LogP contribution in [0.1, 0.15) is 23.2 Å². The lowest BCUT2D eigenvalue weighted by Crippen LogP contribution is -2.28. The van der Waals surface area contributed by atoms with E-state index in [2.05, 4.69) is 15.9 Å². The standard InChI is InChI=1S/C11H11BrClNO3S/c1-14(8-3-4-8)11(15)7-2-5-9(12)10(6-7)18(13,16)17/h2,5-6,8H,3-4H2,1H3. The van der Waals surface area contributed by atoms with Crippen molar-refractivity contribution in [3.8, 4) is 0 Å². The predicted molar refractivity (Wildman–Crippen MR) is 72.3 cm³/mol. The van der Waals surface area contributed by atoms with Crippen LogP contribution in [-0.4, -0.2) is 32.3 Å². The highest BCUT2D eigenvalue weighted by atomic mass is 79.9. The smallest absolute Gasteiger partial charge is 0.262 e. The second-order valence-electron chi connectivity index (χ2n) is 4.23. The average molecular weight is 353 g/mol. The summed E-state index contributed by atoms with van der Waals surface area (Å²) in [5.74, 6) is -0.188. The molecular weight excluding hydrogens is 342 g/mol. The second kappa shape index (κ2) is 4.83. The van der Waals surface area contributed by atoms with Crippen LogP contribution < -0.4 is 0 Å². The monoisotopic (exact) mass is 351 g/mol. The molecule has 1 amide bonds. The number of rotatable bonds is 3. The first-order valence-corrected chi connectivity index (χ1v) is 8.42. The van der Waals surface area contributed by atoms with Crippen LogP contribution in [0.5, 0.6) is 0 Å². The average Bonchev–Trinajstić information content (AvgIpc) is 3.10. The van der Waals surface area contributed by atoms with Crippen LogP contribution in [0.25, 0.3) is 0 Å². The Balaban J connectivity index is 2.38. The van der Waals surface area contributed by atoms with Crippen LogP contribution in [0.3, 0.4) is 0 Å². The van der Waals surface area contributed by atoms with Crippen LogP contribution in [0.2, 0.25) is 0 Å². The minimum atomic E-state index is -3.87. The summed E-state index contributed by atoms with van der Waals surface area (Å²) in [7, 11) is 3.17. The van der Waals surface area contributed by atoms with Crippen LogP contribution in [-0.2, 0) is 9.05 Å². The SMILES string of the molecule is CN(C(=O)c1ccc(Br)c(S(=O)(=O)Cl)c1)C1CC1. The first kappa shape index (κ1) is 13.8. The topological polar surface area (TPSA) is 54.5 Å². The van der Waals surface area contributed by atoms with E-state index < -0.39 is 9.05 Å². The molecule has 1 aliphatic rings. The molecular formula is C11H11BrClNO3S. The molecule has 0 spiro atoms. The Morgan fingerprint density at radius 2 is 2.06 bits per heavy atom. The Kier molecular flexibility index (Phi) is 3.71. The third-order valence-electron chi connectivity index (χ3n) is 2.86. The highest BCUT2D eigenvalue weighted by Gasteiger charge is 2.30. The molecule has 0 bridgehead atoms. The molecule has 18 heavy (non-hydrogen) atoms. The Morgan fingerprint density at radius 1 is 1.44 bits per heavy atom. The van der Waals surface area contributed by atoms with Gasteiger partial charge in [0.1, 0.15) is 0 Å². The number of hydrogen-bond acceptors (Lipinski definition) is 3. The van der Waals surface area contributed by atoms with Crippen molar-refractivity contribution in [2.75, 3.05) is 7.05 Å². The number of nitrogens with zero attached hydrogens (tertiary/aromatic N) is 1. The fourth-order valence-electron chi connectivity index (χ4n) is 1.65. The third kappa shape index (κ3) is 2.87. The normalized spacial score (nSPS) is 15.5. The van der Waals surface area contributed by atoms with E-state index in [0.29, 0.717) is 10.0 Å². The van der Waals surface area contributed by atoms with E-state index in [9.17, 15) is 13.2 Å². The van der Waals surface area contributed by atoms with Gasteiger partial charge >= 0.3 is 0 Å². The molecule has 0 N–H and O–H groups in total. The number of carbonyl (C=O) groups is 1. The molecule has 1 aromatic rings. The molecule has 4 nitrogen and oxygen atoms in total. The maximum Gasteiger partial charge on any atom is 0.262 e. The van der Waals surface area contributed by atoms with E-state index in [1.807, 2.05) is 0 Å². The van der Waals surface area contributed by atoms with Gasteiger partial charge in [-0.05, 0) is 47.0 Å². The summed E-state index contributed by atoms with van der Waals surface area (Å²) in [4.78, 5) is 13.6. The van der Waals surface area contributed by atoms with Crippen molar-refractivity contribution in [3.05, 3.63) is 28.2 Å². The zero-order chi connectivity index (χ0) is 13.5. The van der Waals surface area contributed by atoms with Crippen LogP contribution in [0.15, 0.2) is 27.6 Å². The van der Waals surface area contributed by atoms with Gasteiger partial charge in [-0.15, -0.1) is 0 Å². The second-order valence-corrected chi connectivity index (χ2v) is 7.62. The Labute approximate surface area is 118 Å². The molecule has 1 aromatic carbocycles. The molecule has 0 unspecified atom stereocenters. The van der Waals surface area contributed by atoms with Gasteiger partial charge in [0.05, 0.1) is 4.90 Å². The van der Waals surface area contributed by atoms with E-state index >= 15 is 0 Å². The summed E-state index contributed by atoms with van der Waals surface area (Å²) in [6.07, 6.45) is 2.00. The summed E-state index contributed by atoms with van der Waals surface area (Å²) in [6, 6.07) is 4.67. The number of carbonyl (C=O) groups excluding carboxylic acids is 1. The minimum Gasteiger partial charge on any atom is -0.339 e. The van der Waals surface area contributed by atoms with Crippen LogP contribution >= 0.6 is 26.6 Å². The fraction of sp³-hybridized carbons (Fsp3) is 0.364. The third-order valence-corrected chi connectivity index (χ3v) is 5.17. The summed E-state index contributed by atoms with van der Waals surface area (Å²) in [6.45, 7) is 0. The highest BCUT2D eigenvalue weighted by Crippen LogP contribution is 2.29. The molecule has 2 rings (SSSR count). The fourth-order valence-corrected chi connectivity index (χ4v) is 3.77. The minimum absolute atomic E-state index is 0.0841. The lowest BCUT2D eigenvalue weighted by molar-refractivity contribution is 0.0785. The van der Waals surface area contributed by atoms with E-state index in [1.165, 1.54) is 12.1 Å². The molecule has 0 heterocycles. The number of halogens is 2. The van der Waals surface area contributed by atoms with E-state index in [0.717, 1.165) is 12.8 Å². The summed E-state index contributed by atoms with van der Waals surface area (Å²) in [5.41, 5.74) is 0.326. The molecule has 98 valence electrons. The van der Waals surface area contributed by atoms with Gasteiger partial charge in [0.15, 0.2) is 0 Å². The Morgan fingerprint density at radius 3 is 2.56 bits per heavy atom. The van der Waals surface area contributed by atoms with E-state index in [1.54, 1.807) is 18.0 Å². The number of benzene rings is 1. The van der Waals surface area contributed by atoms with Gasteiger partial charge in [-0.25, -0.2) is 8.42 Å². The van der Waals surface area contributed by atoms with Gasteiger partial charge in [-0.3, -0.25) is 4.79 Å². The number of amides is 1. The van der Waals surface area contributed by atoms with Crippen molar-refractivity contribution in [2.24, 2.45) is 0 Å². The van der Waals surface area contributed by atoms with Gasteiger partial charge < -0.3 is 4.90 Å². The first-order valence-electron chi connectivity index (χ1n) is 5.32. The Hall–Kier alpha value is -0.590. The zero-order valence-corrected chi connectivity index (χ0v) is 12.7. The molecule has 0 atom stereocenters. The largest absolute Gasteiger partial charge is 0.339 e. The van der Waals surface area contributed by atoms with E-state index in [-0.39, 0.29) is 16.8 Å². The first-order chi connectivity index (χ1) is 8.30. The molecule has 1 fully saturated rings. The quantitative estimate of drug-likeness (QED) is 0.786. The van der Waals surface area contributed by atoms with Gasteiger partial charge in [0.25, 0.3) is 15.0 Å². The lowest BCUT2D eigenvalue weighted by Gasteiger charge is -2.16. The maximum atomic E-state index is 12.1. The van der Waals surface area contributed by atoms with Crippen molar-refractivity contribution in [2.45, 2.75) is 23.8 Å². The maximum absolute atomic E-state index is 12.1. The molecule has 1 saturated carbocycles. The van der Waals surface area contributed by atoms with E-state index in [4.69, 9.17) is 10.7 Å². The van der Waals surface area contributed by atoms with Gasteiger partial charge in [-0.1, -0.05) is 0 Å². The highest BCUT2D eigenvalue weighted by molar-refractivity contribution is 9.10. The zero-order valence-electron chi connectivity index (χ0n) is 9.56. The Bertz CT molecular complexity index is 598. The summed E-state index contributed by atoms with van der Waals surface area (Å²) >= 11 is 3.11. The molecule has 0 aromatic heterocycles. The molecule has 0 radical (unpaired) electrons. The number of hydrogen-bond donors (Lipinski definition) is 0. The predicted octanol–water partition coefficient (Wildman–Crippen LogP) is 2.61. The van der Waals surface area contributed by atoms with Crippen molar-refractivity contribution in [3.63, 3.8) is 0 Å². The van der Waals surface area contributed by atoms with Crippen molar-refractivity contribution in [1.29, 1.82) is 0 Å². The van der Waals surface area contributed by atoms with Crippen molar-refractivity contribution >= 4 is 41.6 Å². The van der Waals surface area contributed by atoms with Crippen molar-refractivity contribution < 1.29 is 13.2 Å². The molecule has 7 heteroatoms. The van der Waals surface area contributed by atoms with Gasteiger partial charge in [-0.2, -0.15) is 0 Å². The lowest BCUT2D eigenvalue weighted by atomic mass is 10.2. The van der Waals surface area contributed by atoms with Crippen LogP contribution in [0, 0.1) is 0 Å².